The summed E-state index contributed by atoms with van der Waals surface area (Å²) in [5.41, 5.74) is 8.31. The smallest absolute Gasteiger partial charge is 0.207 e. The summed E-state index contributed by atoms with van der Waals surface area (Å²) in [5, 5.41) is 0. The Labute approximate surface area is 128 Å². The van der Waals surface area contributed by atoms with Gasteiger partial charge < -0.3 is 15.2 Å². The topological polar surface area (TPSA) is 75.2 Å². The van der Waals surface area contributed by atoms with Crippen LogP contribution in [0.1, 0.15) is 0 Å². The maximum atomic E-state index is 6.04. The highest BCUT2D eigenvalue weighted by Gasteiger charge is 2.16. The summed E-state index contributed by atoms with van der Waals surface area (Å²) in [7, 11) is 0. The second-order valence-electron chi connectivity index (χ2n) is 4.63. The van der Waals surface area contributed by atoms with Crippen LogP contribution in [0.25, 0.3) is 16.9 Å². The molecule has 106 valence electrons. The predicted molar refractivity (Wildman–Crippen MR) is 82.0 cm³/mol. The Morgan fingerprint density at radius 3 is 2.81 bits per heavy atom. The van der Waals surface area contributed by atoms with Crippen LogP contribution in [0, 0.1) is 0 Å². The van der Waals surface area contributed by atoms with Crippen LogP contribution in [0.3, 0.4) is 0 Å². The molecule has 0 bridgehead atoms. The van der Waals surface area contributed by atoms with Gasteiger partial charge in [0.1, 0.15) is 18.7 Å². The van der Waals surface area contributed by atoms with E-state index in [-0.39, 0.29) is 0 Å². The van der Waals surface area contributed by atoms with Crippen LogP contribution >= 0.6 is 15.9 Å². The van der Waals surface area contributed by atoms with Crippen molar-refractivity contribution in [2.45, 2.75) is 0 Å². The Bertz CT molecular complexity index is 846. The summed E-state index contributed by atoms with van der Waals surface area (Å²) >= 11 is 3.38. The van der Waals surface area contributed by atoms with Crippen LogP contribution in [-0.4, -0.2) is 27.7 Å². The molecule has 3 aromatic rings. The number of hydrogen-bond acceptors (Lipinski definition) is 5. The first-order valence-electron chi connectivity index (χ1n) is 6.42. The summed E-state index contributed by atoms with van der Waals surface area (Å²) in [6.45, 7) is 1.11. The third-order valence-corrected chi connectivity index (χ3v) is 3.71. The Hall–Kier alpha value is -2.28. The van der Waals surface area contributed by atoms with E-state index in [0.29, 0.717) is 30.6 Å². The summed E-state index contributed by atoms with van der Waals surface area (Å²) in [5.74, 6) is 1.83. The number of halogens is 1. The van der Waals surface area contributed by atoms with Gasteiger partial charge in [0.2, 0.25) is 5.95 Å². The summed E-state index contributed by atoms with van der Waals surface area (Å²) < 4.78 is 13.8. The normalized spacial score (nSPS) is 13.6. The number of imidazole rings is 1. The Balaban J connectivity index is 1.92. The Morgan fingerprint density at radius 2 is 1.95 bits per heavy atom. The number of nitrogens with zero attached hydrogens (tertiary/aromatic N) is 3. The van der Waals surface area contributed by atoms with Gasteiger partial charge >= 0.3 is 0 Å². The number of anilines is 1. The molecule has 0 spiro atoms. The molecule has 0 fully saturated rings. The van der Waals surface area contributed by atoms with Crippen LogP contribution in [0.15, 0.2) is 34.9 Å². The Morgan fingerprint density at radius 1 is 1.14 bits per heavy atom. The molecule has 1 aromatic carbocycles. The van der Waals surface area contributed by atoms with E-state index in [4.69, 9.17) is 15.2 Å². The molecule has 1 aliphatic rings. The second-order valence-corrected chi connectivity index (χ2v) is 5.55. The highest BCUT2D eigenvalue weighted by Crippen LogP contribution is 2.33. The SMILES string of the molecule is Nc1nc2cc(Br)cnc2n1-c1ccc2c(c1)OCCO2. The van der Waals surface area contributed by atoms with Crippen molar-refractivity contribution in [3.8, 4) is 17.2 Å². The zero-order chi connectivity index (χ0) is 14.4. The fourth-order valence-electron chi connectivity index (χ4n) is 2.38. The van der Waals surface area contributed by atoms with Gasteiger partial charge in [-0.05, 0) is 34.1 Å². The molecule has 0 atom stereocenters. The lowest BCUT2D eigenvalue weighted by molar-refractivity contribution is 0.171. The van der Waals surface area contributed by atoms with E-state index < -0.39 is 0 Å². The number of aromatic nitrogens is 3. The molecule has 0 saturated heterocycles. The van der Waals surface area contributed by atoms with E-state index in [0.717, 1.165) is 21.4 Å². The molecule has 3 heterocycles. The van der Waals surface area contributed by atoms with Gasteiger partial charge in [-0.25, -0.2) is 9.97 Å². The maximum Gasteiger partial charge on any atom is 0.207 e. The van der Waals surface area contributed by atoms with Gasteiger partial charge in [0.15, 0.2) is 17.1 Å². The summed E-state index contributed by atoms with van der Waals surface area (Å²) in [4.78, 5) is 8.73. The Kier molecular flexibility index (Phi) is 2.75. The third-order valence-electron chi connectivity index (χ3n) is 3.27. The number of fused-ring (bicyclic) bond motifs is 2. The van der Waals surface area contributed by atoms with Crippen LogP contribution in [0.2, 0.25) is 0 Å². The molecule has 2 aromatic heterocycles. The average molecular weight is 347 g/mol. The minimum atomic E-state index is 0.382. The monoisotopic (exact) mass is 346 g/mol. The summed E-state index contributed by atoms with van der Waals surface area (Å²) in [6.07, 6.45) is 1.72. The molecule has 21 heavy (non-hydrogen) atoms. The number of rotatable bonds is 1. The molecular weight excluding hydrogens is 336 g/mol. The van der Waals surface area contributed by atoms with E-state index in [1.165, 1.54) is 0 Å². The largest absolute Gasteiger partial charge is 0.486 e. The van der Waals surface area contributed by atoms with E-state index >= 15 is 0 Å². The fraction of sp³-hybridized carbons (Fsp3) is 0.143. The molecule has 0 amide bonds. The van der Waals surface area contributed by atoms with Gasteiger partial charge in [0.25, 0.3) is 0 Å². The van der Waals surface area contributed by atoms with Gasteiger partial charge in [-0.15, -0.1) is 0 Å². The predicted octanol–water partition coefficient (Wildman–Crippen LogP) is 2.54. The first-order chi connectivity index (χ1) is 10.2. The van der Waals surface area contributed by atoms with E-state index in [1.807, 2.05) is 24.3 Å². The van der Waals surface area contributed by atoms with Crippen molar-refractivity contribution in [1.82, 2.24) is 14.5 Å². The third kappa shape index (κ3) is 2.01. The summed E-state index contributed by atoms with van der Waals surface area (Å²) in [6, 6.07) is 7.55. The molecule has 0 radical (unpaired) electrons. The quantitative estimate of drug-likeness (QED) is 0.732. The van der Waals surface area contributed by atoms with Crippen molar-refractivity contribution >= 4 is 33.0 Å². The van der Waals surface area contributed by atoms with Gasteiger partial charge in [0, 0.05) is 16.7 Å². The first kappa shape index (κ1) is 12.5. The van der Waals surface area contributed by atoms with Crippen LogP contribution < -0.4 is 15.2 Å². The molecule has 0 aliphatic carbocycles. The molecule has 7 heteroatoms. The lowest BCUT2D eigenvalue weighted by atomic mass is 10.2. The molecule has 4 rings (SSSR count). The lowest BCUT2D eigenvalue weighted by Gasteiger charge is -2.19. The second kappa shape index (κ2) is 4.63. The lowest BCUT2D eigenvalue weighted by Crippen LogP contribution is -2.15. The van der Waals surface area contributed by atoms with Crippen LogP contribution in [-0.2, 0) is 0 Å². The van der Waals surface area contributed by atoms with Crippen molar-refractivity contribution < 1.29 is 9.47 Å². The molecule has 2 N–H and O–H groups in total. The number of nitrogen functional groups attached to an aromatic ring is 1. The highest BCUT2D eigenvalue weighted by molar-refractivity contribution is 9.10. The van der Waals surface area contributed by atoms with Gasteiger partial charge in [0.05, 0.1) is 5.69 Å². The number of benzene rings is 1. The highest BCUT2D eigenvalue weighted by atomic mass is 79.9. The minimum Gasteiger partial charge on any atom is -0.486 e. The molecule has 1 aliphatic heterocycles. The number of hydrogen-bond donors (Lipinski definition) is 1. The zero-order valence-corrected chi connectivity index (χ0v) is 12.5. The number of nitrogens with two attached hydrogens (primary N) is 1. The van der Waals surface area contributed by atoms with Crippen molar-refractivity contribution in [2.24, 2.45) is 0 Å². The van der Waals surface area contributed by atoms with Crippen molar-refractivity contribution in [1.29, 1.82) is 0 Å². The average Bonchev–Trinajstić information content (AvgIpc) is 2.81. The molecule has 0 saturated carbocycles. The van der Waals surface area contributed by atoms with E-state index in [2.05, 4.69) is 25.9 Å². The van der Waals surface area contributed by atoms with Crippen molar-refractivity contribution in [2.75, 3.05) is 18.9 Å². The molecule has 0 unspecified atom stereocenters. The zero-order valence-electron chi connectivity index (χ0n) is 10.9. The first-order valence-corrected chi connectivity index (χ1v) is 7.21. The van der Waals surface area contributed by atoms with Crippen LogP contribution in [0.5, 0.6) is 11.5 Å². The maximum absolute atomic E-state index is 6.04. The van der Waals surface area contributed by atoms with Crippen molar-refractivity contribution in [3.05, 3.63) is 34.9 Å². The number of ether oxygens (including phenoxy) is 2. The van der Waals surface area contributed by atoms with Crippen LogP contribution in [0.4, 0.5) is 5.95 Å². The van der Waals surface area contributed by atoms with E-state index in [9.17, 15) is 0 Å². The van der Waals surface area contributed by atoms with Gasteiger partial charge in [-0.3, -0.25) is 4.57 Å². The van der Waals surface area contributed by atoms with Crippen molar-refractivity contribution in [3.63, 3.8) is 0 Å². The standard InChI is InChI=1S/C14H11BrN4O2/c15-8-5-10-13(17-7-8)19(14(16)18-10)9-1-2-11-12(6-9)21-4-3-20-11/h1-2,5-7H,3-4H2,(H2,16,18). The van der Waals surface area contributed by atoms with Gasteiger partial charge in [-0.2, -0.15) is 0 Å². The minimum absolute atomic E-state index is 0.382. The molecular formula is C14H11BrN4O2. The fourth-order valence-corrected chi connectivity index (χ4v) is 2.70. The number of pyridine rings is 1. The van der Waals surface area contributed by atoms with Gasteiger partial charge in [-0.1, -0.05) is 0 Å². The van der Waals surface area contributed by atoms with E-state index in [1.54, 1.807) is 10.8 Å². The molecule has 6 nitrogen and oxygen atoms in total.